The van der Waals surface area contributed by atoms with Crippen LogP contribution in [0.1, 0.15) is 24.1 Å². The van der Waals surface area contributed by atoms with Crippen LogP contribution in [0.4, 0.5) is 19.0 Å². The molecule has 180 valence electrons. The molecular formula is C20H18ClF3N6O3S. The Labute approximate surface area is 200 Å². The number of carboxylic acids is 1. The maximum absolute atomic E-state index is 10.6. The quantitative estimate of drug-likeness (QED) is 0.329. The molecule has 0 amide bonds. The standard InChI is InChI=1S/C18H17ClN6OS.C2HF3O2/c1-9-12(19)4-11(16(26-3)14(9)13-5-27-8-24-13)10(2)25-18-15-17(21-6-20-15)22-7-23-18;3-2(4,5)1(6)7/h4-8,10H,1-3H3,(H2,20,21,22,23,25);(H,6,7). The van der Waals surface area contributed by atoms with E-state index < -0.39 is 12.1 Å². The van der Waals surface area contributed by atoms with E-state index in [2.05, 4.69) is 30.2 Å². The first-order chi connectivity index (χ1) is 16.0. The molecular weight excluding hydrogens is 497 g/mol. The van der Waals surface area contributed by atoms with Gasteiger partial charge in [-0.15, -0.1) is 11.3 Å². The summed E-state index contributed by atoms with van der Waals surface area (Å²) in [5.41, 5.74) is 6.77. The fraction of sp³-hybridized carbons (Fsp3) is 0.250. The maximum Gasteiger partial charge on any atom is 0.490 e. The van der Waals surface area contributed by atoms with Gasteiger partial charge in [0.1, 0.15) is 17.6 Å². The van der Waals surface area contributed by atoms with Gasteiger partial charge in [0.05, 0.1) is 30.7 Å². The van der Waals surface area contributed by atoms with Crippen molar-refractivity contribution in [2.75, 3.05) is 12.4 Å². The summed E-state index contributed by atoms with van der Waals surface area (Å²) >= 11 is 8.07. The summed E-state index contributed by atoms with van der Waals surface area (Å²) in [6.45, 7) is 4.00. The van der Waals surface area contributed by atoms with Crippen molar-refractivity contribution in [2.45, 2.75) is 26.1 Å². The Bertz CT molecular complexity index is 1300. The van der Waals surface area contributed by atoms with E-state index >= 15 is 0 Å². The van der Waals surface area contributed by atoms with Gasteiger partial charge in [0, 0.05) is 21.5 Å². The van der Waals surface area contributed by atoms with Gasteiger partial charge in [-0.1, -0.05) is 11.6 Å². The third-order valence-corrected chi connectivity index (χ3v) is 5.66. The number of thiazole rings is 1. The Balaban J connectivity index is 0.000000406. The number of fused-ring (bicyclic) bond motifs is 1. The number of carbonyl (C=O) groups is 1. The molecule has 0 aliphatic heterocycles. The topological polar surface area (TPSA) is 126 Å². The van der Waals surface area contributed by atoms with Crippen molar-refractivity contribution < 1.29 is 27.8 Å². The second-order valence-corrected chi connectivity index (χ2v) is 7.97. The van der Waals surface area contributed by atoms with E-state index in [-0.39, 0.29) is 6.04 Å². The number of alkyl halides is 3. The Hall–Kier alpha value is -3.45. The van der Waals surface area contributed by atoms with Crippen LogP contribution in [0.25, 0.3) is 22.4 Å². The molecule has 0 aliphatic rings. The molecule has 3 aromatic heterocycles. The number of anilines is 1. The van der Waals surface area contributed by atoms with E-state index in [4.69, 9.17) is 26.2 Å². The van der Waals surface area contributed by atoms with Crippen LogP contribution < -0.4 is 10.1 Å². The Morgan fingerprint density at radius 1 is 1.29 bits per heavy atom. The average Bonchev–Trinajstić information content (AvgIpc) is 3.47. The number of benzene rings is 1. The number of aromatic nitrogens is 5. The maximum atomic E-state index is 10.6. The second-order valence-electron chi connectivity index (χ2n) is 6.85. The minimum absolute atomic E-state index is 0.128. The van der Waals surface area contributed by atoms with Crippen LogP contribution in [0.15, 0.2) is 29.6 Å². The molecule has 34 heavy (non-hydrogen) atoms. The predicted octanol–water partition coefficient (Wildman–Crippen LogP) is 5.25. The zero-order valence-corrected chi connectivity index (χ0v) is 19.5. The smallest absolute Gasteiger partial charge is 0.490 e. The zero-order valence-electron chi connectivity index (χ0n) is 17.9. The molecule has 0 radical (unpaired) electrons. The van der Waals surface area contributed by atoms with Gasteiger partial charge in [-0.2, -0.15) is 13.2 Å². The molecule has 0 saturated heterocycles. The number of methoxy groups -OCH3 is 1. The number of aromatic amines is 1. The molecule has 3 heterocycles. The van der Waals surface area contributed by atoms with Crippen LogP contribution in [0.2, 0.25) is 5.02 Å². The van der Waals surface area contributed by atoms with Crippen LogP contribution in [-0.4, -0.2) is 49.3 Å². The van der Waals surface area contributed by atoms with E-state index in [1.807, 2.05) is 25.3 Å². The van der Waals surface area contributed by atoms with Gasteiger partial charge in [-0.3, -0.25) is 0 Å². The average molecular weight is 515 g/mol. The van der Waals surface area contributed by atoms with Crippen molar-refractivity contribution in [3.05, 3.63) is 45.8 Å². The van der Waals surface area contributed by atoms with Crippen LogP contribution >= 0.6 is 22.9 Å². The normalized spacial score (nSPS) is 12.1. The highest BCUT2D eigenvalue weighted by atomic mass is 35.5. The SMILES string of the molecule is COc1c(C(C)Nc2ncnc3nc[nH]c23)cc(Cl)c(C)c1-c1cscn1.O=C(O)C(F)(F)F. The third kappa shape index (κ3) is 5.37. The highest BCUT2D eigenvalue weighted by Gasteiger charge is 2.38. The summed E-state index contributed by atoms with van der Waals surface area (Å²) in [5, 5.41) is 13.2. The zero-order chi connectivity index (χ0) is 25.0. The number of rotatable bonds is 5. The first-order valence-corrected chi connectivity index (χ1v) is 10.8. The summed E-state index contributed by atoms with van der Waals surface area (Å²) in [5.74, 6) is -1.34. The van der Waals surface area contributed by atoms with E-state index in [1.165, 1.54) is 17.7 Å². The van der Waals surface area contributed by atoms with Gasteiger partial charge in [0.25, 0.3) is 0 Å². The first kappa shape index (κ1) is 25.2. The predicted molar refractivity (Wildman–Crippen MR) is 121 cm³/mol. The number of imidazole rings is 1. The summed E-state index contributed by atoms with van der Waals surface area (Å²) in [4.78, 5) is 29.0. The van der Waals surface area contributed by atoms with Crippen molar-refractivity contribution in [1.82, 2.24) is 24.9 Å². The number of nitrogens with zero attached hydrogens (tertiary/aromatic N) is 4. The Morgan fingerprint density at radius 3 is 2.59 bits per heavy atom. The van der Waals surface area contributed by atoms with Crippen LogP contribution in [0.3, 0.4) is 0 Å². The van der Waals surface area contributed by atoms with Gasteiger partial charge in [0.15, 0.2) is 11.5 Å². The number of nitrogens with one attached hydrogen (secondary N) is 2. The Morgan fingerprint density at radius 2 is 2.00 bits per heavy atom. The molecule has 3 N–H and O–H groups in total. The summed E-state index contributed by atoms with van der Waals surface area (Å²) in [6.07, 6.45) is -2.00. The minimum Gasteiger partial charge on any atom is -0.496 e. The highest BCUT2D eigenvalue weighted by molar-refractivity contribution is 7.07. The van der Waals surface area contributed by atoms with Gasteiger partial charge in [-0.25, -0.2) is 24.7 Å². The van der Waals surface area contributed by atoms with E-state index in [9.17, 15) is 13.2 Å². The van der Waals surface area contributed by atoms with Crippen molar-refractivity contribution in [3.63, 3.8) is 0 Å². The molecule has 0 bridgehead atoms. The molecule has 0 aliphatic carbocycles. The van der Waals surface area contributed by atoms with E-state index in [0.717, 1.165) is 33.7 Å². The second kappa shape index (κ2) is 10.2. The van der Waals surface area contributed by atoms with Gasteiger partial charge < -0.3 is 20.1 Å². The lowest BCUT2D eigenvalue weighted by Gasteiger charge is -2.22. The van der Waals surface area contributed by atoms with Gasteiger partial charge in [0.2, 0.25) is 0 Å². The number of halogens is 4. The first-order valence-electron chi connectivity index (χ1n) is 9.50. The van der Waals surface area contributed by atoms with Crippen LogP contribution in [-0.2, 0) is 4.79 Å². The molecule has 14 heteroatoms. The number of aliphatic carboxylic acids is 1. The summed E-state index contributed by atoms with van der Waals surface area (Å²) in [6, 6.07) is 1.80. The molecule has 9 nitrogen and oxygen atoms in total. The lowest BCUT2D eigenvalue weighted by atomic mass is 9.97. The fourth-order valence-corrected chi connectivity index (χ4v) is 3.84. The highest BCUT2D eigenvalue weighted by Crippen LogP contribution is 2.42. The minimum atomic E-state index is -5.08. The number of carboxylic acid groups (broad SMARTS) is 1. The number of hydrogen-bond donors (Lipinski definition) is 3. The molecule has 0 spiro atoms. The van der Waals surface area contributed by atoms with E-state index in [1.54, 1.807) is 18.9 Å². The molecule has 0 saturated carbocycles. The molecule has 4 rings (SSSR count). The molecule has 1 atom stereocenters. The largest absolute Gasteiger partial charge is 0.496 e. The van der Waals surface area contributed by atoms with Crippen molar-refractivity contribution >= 4 is 45.9 Å². The van der Waals surface area contributed by atoms with Crippen molar-refractivity contribution in [1.29, 1.82) is 0 Å². The monoisotopic (exact) mass is 514 g/mol. The molecule has 0 fully saturated rings. The van der Waals surface area contributed by atoms with Gasteiger partial charge in [-0.05, 0) is 25.5 Å². The molecule has 1 unspecified atom stereocenters. The van der Waals surface area contributed by atoms with Gasteiger partial charge >= 0.3 is 12.1 Å². The Kier molecular flexibility index (Phi) is 7.57. The lowest BCUT2D eigenvalue weighted by Crippen LogP contribution is -2.21. The summed E-state index contributed by atoms with van der Waals surface area (Å²) in [7, 11) is 1.66. The van der Waals surface area contributed by atoms with Crippen LogP contribution in [0.5, 0.6) is 5.75 Å². The van der Waals surface area contributed by atoms with Crippen LogP contribution in [0, 0.1) is 6.92 Å². The number of ether oxygens (including phenoxy) is 1. The third-order valence-electron chi connectivity index (χ3n) is 4.68. The number of hydrogen-bond acceptors (Lipinski definition) is 8. The molecule has 1 aromatic carbocycles. The number of H-pyrrole nitrogens is 1. The van der Waals surface area contributed by atoms with Crippen molar-refractivity contribution in [3.8, 4) is 17.0 Å². The van der Waals surface area contributed by atoms with Crippen molar-refractivity contribution in [2.24, 2.45) is 0 Å². The summed E-state index contributed by atoms with van der Waals surface area (Å²) < 4.78 is 37.5. The lowest BCUT2D eigenvalue weighted by molar-refractivity contribution is -0.192. The fourth-order valence-electron chi connectivity index (χ4n) is 3.09. The van der Waals surface area contributed by atoms with E-state index in [0.29, 0.717) is 16.5 Å². The molecule has 4 aromatic rings.